The fourth-order valence-corrected chi connectivity index (χ4v) is 1.61. The third-order valence-electron chi connectivity index (χ3n) is 2.63. The molecule has 0 saturated heterocycles. The molecule has 1 atom stereocenters. The van der Waals surface area contributed by atoms with Gasteiger partial charge in [0.1, 0.15) is 6.33 Å². The van der Waals surface area contributed by atoms with Crippen LogP contribution in [-0.4, -0.2) is 9.97 Å². The zero-order valence-corrected chi connectivity index (χ0v) is 7.90. The van der Waals surface area contributed by atoms with E-state index < -0.39 is 0 Å². The Morgan fingerprint density at radius 1 is 1.62 bits per heavy atom. The summed E-state index contributed by atoms with van der Waals surface area (Å²) < 4.78 is 0. The average molecular weight is 177 g/mol. The van der Waals surface area contributed by atoms with Crippen LogP contribution in [-0.2, 0) is 0 Å². The second-order valence-corrected chi connectivity index (χ2v) is 3.85. The monoisotopic (exact) mass is 177 g/mol. The zero-order valence-electron chi connectivity index (χ0n) is 7.90. The first-order valence-electron chi connectivity index (χ1n) is 4.79. The first-order valence-corrected chi connectivity index (χ1v) is 4.79. The van der Waals surface area contributed by atoms with Crippen LogP contribution in [0, 0.1) is 12.8 Å². The highest BCUT2D eigenvalue weighted by Gasteiger charge is 2.25. The van der Waals surface area contributed by atoms with Gasteiger partial charge in [-0.1, -0.05) is 12.8 Å². The Balaban J connectivity index is 2.09. The molecule has 0 amide bonds. The number of rotatable bonds is 3. The number of hydrogen-bond acceptors (Lipinski definition) is 3. The van der Waals surface area contributed by atoms with Crippen LogP contribution in [0.1, 0.15) is 36.6 Å². The van der Waals surface area contributed by atoms with Gasteiger partial charge in [0, 0.05) is 23.5 Å². The van der Waals surface area contributed by atoms with Gasteiger partial charge in [0.05, 0.1) is 0 Å². The predicted octanol–water partition coefficient (Wildman–Crippen LogP) is 1.58. The van der Waals surface area contributed by atoms with E-state index in [-0.39, 0.29) is 6.04 Å². The first kappa shape index (κ1) is 8.63. The van der Waals surface area contributed by atoms with Crippen molar-refractivity contribution in [3.63, 3.8) is 0 Å². The molecule has 3 heteroatoms. The Bertz CT molecular complexity index is 294. The SMILES string of the molecule is Cc1ncncc1C(N)CC1CC1. The van der Waals surface area contributed by atoms with E-state index in [4.69, 9.17) is 5.73 Å². The van der Waals surface area contributed by atoms with E-state index in [1.807, 2.05) is 13.1 Å². The number of aromatic nitrogens is 2. The third kappa shape index (κ3) is 2.04. The third-order valence-corrected chi connectivity index (χ3v) is 2.63. The van der Waals surface area contributed by atoms with Gasteiger partial charge >= 0.3 is 0 Å². The van der Waals surface area contributed by atoms with Gasteiger partial charge < -0.3 is 5.73 Å². The molecule has 1 saturated carbocycles. The van der Waals surface area contributed by atoms with Crippen molar-refractivity contribution in [2.45, 2.75) is 32.2 Å². The van der Waals surface area contributed by atoms with Crippen molar-refractivity contribution in [3.05, 3.63) is 23.8 Å². The lowest BCUT2D eigenvalue weighted by atomic mass is 10.0. The molecule has 3 nitrogen and oxygen atoms in total. The summed E-state index contributed by atoms with van der Waals surface area (Å²) in [6.07, 6.45) is 7.20. The molecule has 70 valence electrons. The van der Waals surface area contributed by atoms with Crippen LogP contribution in [0.4, 0.5) is 0 Å². The molecule has 0 bridgehead atoms. The normalized spacial score (nSPS) is 18.6. The molecule has 1 heterocycles. The van der Waals surface area contributed by atoms with E-state index >= 15 is 0 Å². The summed E-state index contributed by atoms with van der Waals surface area (Å²) in [5.41, 5.74) is 8.18. The highest BCUT2D eigenvalue weighted by molar-refractivity contribution is 5.18. The predicted molar refractivity (Wildman–Crippen MR) is 51.0 cm³/mol. The standard InChI is InChI=1S/C10H15N3/c1-7-9(5-12-6-13-7)10(11)4-8-2-3-8/h5-6,8,10H,2-4,11H2,1H3. The van der Waals surface area contributed by atoms with Gasteiger partial charge in [0.2, 0.25) is 0 Å². The van der Waals surface area contributed by atoms with Crippen molar-refractivity contribution in [2.75, 3.05) is 0 Å². The summed E-state index contributed by atoms with van der Waals surface area (Å²) in [7, 11) is 0. The quantitative estimate of drug-likeness (QED) is 0.762. The summed E-state index contributed by atoms with van der Waals surface area (Å²) in [6, 6.07) is 0.133. The lowest BCUT2D eigenvalue weighted by Gasteiger charge is -2.12. The summed E-state index contributed by atoms with van der Waals surface area (Å²) in [6.45, 7) is 1.99. The Morgan fingerprint density at radius 2 is 2.38 bits per heavy atom. The van der Waals surface area contributed by atoms with E-state index in [1.54, 1.807) is 6.33 Å². The minimum atomic E-state index is 0.133. The van der Waals surface area contributed by atoms with Crippen molar-refractivity contribution >= 4 is 0 Å². The molecule has 13 heavy (non-hydrogen) atoms. The largest absolute Gasteiger partial charge is 0.324 e. The lowest BCUT2D eigenvalue weighted by Crippen LogP contribution is -2.13. The maximum Gasteiger partial charge on any atom is 0.115 e. The summed E-state index contributed by atoms with van der Waals surface area (Å²) >= 11 is 0. The average Bonchev–Trinajstić information content (AvgIpc) is 2.89. The van der Waals surface area contributed by atoms with Crippen LogP contribution in [0.5, 0.6) is 0 Å². The maximum absolute atomic E-state index is 6.06. The topological polar surface area (TPSA) is 51.8 Å². The molecular weight excluding hydrogens is 162 g/mol. The van der Waals surface area contributed by atoms with Crippen LogP contribution in [0.2, 0.25) is 0 Å². The van der Waals surface area contributed by atoms with E-state index in [0.29, 0.717) is 0 Å². The van der Waals surface area contributed by atoms with Gasteiger partial charge in [0.15, 0.2) is 0 Å². The van der Waals surface area contributed by atoms with Crippen LogP contribution in [0.15, 0.2) is 12.5 Å². The number of hydrogen-bond donors (Lipinski definition) is 1. The van der Waals surface area contributed by atoms with Crippen LogP contribution >= 0.6 is 0 Å². The van der Waals surface area contributed by atoms with Crippen molar-refractivity contribution in [3.8, 4) is 0 Å². The Kier molecular flexibility index (Phi) is 2.27. The second-order valence-electron chi connectivity index (χ2n) is 3.85. The molecule has 1 aliphatic rings. The van der Waals surface area contributed by atoms with Gasteiger partial charge in [-0.25, -0.2) is 9.97 Å². The Hall–Kier alpha value is -0.960. The maximum atomic E-state index is 6.06. The number of aryl methyl sites for hydroxylation is 1. The van der Waals surface area contributed by atoms with Crippen LogP contribution in [0.3, 0.4) is 0 Å². The molecule has 0 aliphatic heterocycles. The molecular formula is C10H15N3. The van der Waals surface area contributed by atoms with Gasteiger partial charge in [-0.2, -0.15) is 0 Å². The minimum Gasteiger partial charge on any atom is -0.324 e. The molecule has 0 spiro atoms. The Morgan fingerprint density at radius 3 is 3.00 bits per heavy atom. The molecule has 0 radical (unpaired) electrons. The minimum absolute atomic E-state index is 0.133. The number of nitrogens with zero attached hydrogens (tertiary/aromatic N) is 2. The molecule has 1 aromatic heterocycles. The van der Waals surface area contributed by atoms with Gasteiger partial charge in [-0.15, -0.1) is 0 Å². The van der Waals surface area contributed by atoms with Gasteiger partial charge in [-0.3, -0.25) is 0 Å². The van der Waals surface area contributed by atoms with E-state index in [0.717, 1.165) is 23.6 Å². The lowest BCUT2D eigenvalue weighted by molar-refractivity contribution is 0.589. The van der Waals surface area contributed by atoms with Crippen molar-refractivity contribution in [1.29, 1.82) is 0 Å². The Labute approximate surface area is 78.4 Å². The highest BCUT2D eigenvalue weighted by atomic mass is 14.8. The summed E-state index contributed by atoms with van der Waals surface area (Å²) in [4.78, 5) is 8.14. The van der Waals surface area contributed by atoms with E-state index in [2.05, 4.69) is 9.97 Å². The smallest absolute Gasteiger partial charge is 0.115 e. The molecule has 1 unspecified atom stereocenters. The van der Waals surface area contributed by atoms with Crippen molar-refractivity contribution < 1.29 is 0 Å². The highest BCUT2D eigenvalue weighted by Crippen LogP contribution is 2.36. The van der Waals surface area contributed by atoms with E-state index in [9.17, 15) is 0 Å². The van der Waals surface area contributed by atoms with E-state index in [1.165, 1.54) is 12.8 Å². The van der Waals surface area contributed by atoms with Gasteiger partial charge in [0.25, 0.3) is 0 Å². The molecule has 2 rings (SSSR count). The van der Waals surface area contributed by atoms with Gasteiger partial charge in [-0.05, 0) is 19.3 Å². The molecule has 1 aromatic rings. The molecule has 0 aromatic carbocycles. The molecule has 1 fully saturated rings. The fraction of sp³-hybridized carbons (Fsp3) is 0.600. The first-order chi connectivity index (χ1) is 6.27. The van der Waals surface area contributed by atoms with Crippen LogP contribution in [0.25, 0.3) is 0 Å². The summed E-state index contributed by atoms with van der Waals surface area (Å²) in [5.74, 6) is 0.856. The van der Waals surface area contributed by atoms with Crippen molar-refractivity contribution in [2.24, 2.45) is 11.7 Å². The van der Waals surface area contributed by atoms with Crippen LogP contribution < -0.4 is 5.73 Å². The molecule has 1 aliphatic carbocycles. The second kappa shape index (κ2) is 3.42. The number of nitrogens with two attached hydrogens (primary N) is 1. The zero-order chi connectivity index (χ0) is 9.26. The molecule has 2 N–H and O–H groups in total. The van der Waals surface area contributed by atoms with Crippen molar-refractivity contribution in [1.82, 2.24) is 9.97 Å². The fourth-order valence-electron chi connectivity index (χ4n) is 1.61. The summed E-state index contributed by atoms with van der Waals surface area (Å²) in [5, 5.41) is 0.